The Morgan fingerprint density at radius 2 is 1.75 bits per heavy atom. The van der Waals surface area contributed by atoms with Crippen LogP contribution in [0.15, 0.2) is 73.2 Å². The molecule has 0 aliphatic rings. The van der Waals surface area contributed by atoms with Gasteiger partial charge in [-0.15, -0.1) is 24.8 Å². The fraction of sp³-hybridized carbons (Fsp3) is 0.214. The van der Waals surface area contributed by atoms with Gasteiger partial charge < -0.3 is 14.0 Å². The van der Waals surface area contributed by atoms with Gasteiger partial charge in [-0.25, -0.2) is 9.18 Å². The van der Waals surface area contributed by atoms with E-state index in [1.54, 1.807) is 6.08 Å². The number of methoxy groups -OCH3 is 2. The Balaban J connectivity index is 0.00000120. The van der Waals surface area contributed by atoms with E-state index in [0.717, 1.165) is 35.8 Å². The number of carbonyl (C=O) groups excluding carboxylic acids is 1. The second-order valence-corrected chi connectivity index (χ2v) is 7.54. The number of carbonyl (C=O) groups is 1. The molecule has 0 aliphatic carbocycles. The second kappa shape index (κ2) is 14.6. The Labute approximate surface area is 214 Å². The van der Waals surface area contributed by atoms with Crippen LogP contribution in [0.25, 0.3) is 16.5 Å². The first-order valence-corrected chi connectivity index (χ1v) is 11.4. The van der Waals surface area contributed by atoms with Gasteiger partial charge in [0, 0.05) is 18.6 Å². The van der Waals surface area contributed by atoms with E-state index >= 15 is 0 Å². The van der Waals surface area contributed by atoms with Crippen molar-refractivity contribution in [1.82, 2.24) is 4.57 Å². The van der Waals surface area contributed by atoms with Gasteiger partial charge in [0.05, 0.1) is 25.1 Å². The van der Waals surface area contributed by atoms with Crippen molar-refractivity contribution >= 4 is 34.0 Å². The molecule has 0 N–H and O–H groups in total. The average Bonchev–Trinajstić information content (AvgIpc) is 2.89. The first kappa shape index (κ1) is 30.3. The number of allylic oxidation sites excluding steroid dienone is 3. The van der Waals surface area contributed by atoms with Gasteiger partial charge in [-0.2, -0.15) is 4.39 Å². The van der Waals surface area contributed by atoms with Crippen LogP contribution in [-0.4, -0.2) is 30.6 Å². The Hall–Kier alpha value is -3.71. The first-order valence-electron chi connectivity index (χ1n) is 10.9. The minimum Gasteiger partial charge on any atom is -0.491 e. The first-order chi connectivity index (χ1) is 17.3. The SMILES string of the molecule is C=C.C=C/C(=C\C)c1ccc(Cn2cc(C(=O)OC)c(=O)c3cc(F)c(F)c(OC)c32)cc1.CCCl. The summed E-state index contributed by atoms with van der Waals surface area (Å²) in [4.78, 5) is 24.9. The number of ether oxygens (including phenoxy) is 2. The number of hydrogen-bond acceptors (Lipinski definition) is 4. The number of aromatic nitrogens is 1. The molecule has 36 heavy (non-hydrogen) atoms. The number of esters is 1. The zero-order valence-corrected chi connectivity index (χ0v) is 21.6. The van der Waals surface area contributed by atoms with Gasteiger partial charge in [0.15, 0.2) is 11.6 Å². The minimum absolute atomic E-state index is 0.0448. The molecule has 0 aliphatic heterocycles. The monoisotopic (exact) mass is 517 g/mol. The van der Waals surface area contributed by atoms with E-state index < -0.39 is 28.8 Å². The van der Waals surface area contributed by atoms with Crippen LogP contribution >= 0.6 is 11.6 Å². The second-order valence-electron chi connectivity index (χ2n) is 7.01. The molecule has 2 aromatic carbocycles. The third kappa shape index (κ3) is 6.70. The maximum atomic E-state index is 14.4. The predicted molar refractivity (Wildman–Crippen MR) is 143 cm³/mol. The Kier molecular flexibility index (Phi) is 12.3. The molecule has 1 heterocycles. The zero-order valence-electron chi connectivity index (χ0n) is 20.9. The average molecular weight is 518 g/mol. The summed E-state index contributed by atoms with van der Waals surface area (Å²) in [6, 6.07) is 8.28. The Morgan fingerprint density at radius 3 is 2.22 bits per heavy atom. The molecular formula is C28H30ClF2NO4. The highest BCUT2D eigenvalue weighted by atomic mass is 35.5. The summed E-state index contributed by atoms with van der Waals surface area (Å²) < 4.78 is 39.7. The fourth-order valence-corrected chi connectivity index (χ4v) is 3.44. The summed E-state index contributed by atoms with van der Waals surface area (Å²) in [5, 5.41) is -0.182. The molecule has 0 radical (unpaired) electrons. The van der Waals surface area contributed by atoms with Crippen LogP contribution in [0.3, 0.4) is 0 Å². The fourth-order valence-electron chi connectivity index (χ4n) is 3.44. The smallest absolute Gasteiger partial charge is 0.343 e. The van der Waals surface area contributed by atoms with E-state index in [1.165, 1.54) is 17.9 Å². The molecule has 192 valence electrons. The summed E-state index contributed by atoms with van der Waals surface area (Å²) in [6.45, 7) is 13.8. The number of fused-ring (bicyclic) bond motifs is 1. The van der Waals surface area contributed by atoms with Crippen LogP contribution < -0.4 is 10.2 Å². The molecule has 0 atom stereocenters. The normalized spacial score (nSPS) is 10.5. The standard InChI is InChI=1S/C24H21F2NO4.C2H5Cl.C2H4/c1-5-15(6-2)16-9-7-14(8-10-16)12-27-13-18(24(29)31-4)22(28)17-11-19(25)20(26)23(30-3)21(17)27;1-2-3;1-2/h5-11,13H,1,12H2,2-4H3;2H2,1H3;1-2H2/b15-6+;;. The molecule has 0 saturated carbocycles. The van der Waals surface area contributed by atoms with Crippen LogP contribution in [0.4, 0.5) is 8.78 Å². The quantitative estimate of drug-likeness (QED) is 0.157. The topological polar surface area (TPSA) is 57.5 Å². The molecule has 8 heteroatoms. The molecule has 3 aromatic rings. The maximum absolute atomic E-state index is 14.4. The van der Waals surface area contributed by atoms with Crippen LogP contribution in [0, 0.1) is 11.6 Å². The van der Waals surface area contributed by atoms with Crippen molar-refractivity contribution in [3.63, 3.8) is 0 Å². The minimum atomic E-state index is -1.25. The lowest BCUT2D eigenvalue weighted by atomic mass is 10.0. The lowest BCUT2D eigenvalue weighted by Gasteiger charge is -2.17. The molecule has 0 amide bonds. The van der Waals surface area contributed by atoms with Crippen LogP contribution in [0.2, 0.25) is 0 Å². The summed E-state index contributed by atoms with van der Waals surface area (Å²) in [6.07, 6.45) is 4.95. The van der Waals surface area contributed by atoms with E-state index in [4.69, 9.17) is 16.3 Å². The number of rotatable bonds is 6. The van der Waals surface area contributed by atoms with Crippen molar-refractivity contribution in [2.45, 2.75) is 20.4 Å². The lowest BCUT2D eigenvalue weighted by Crippen LogP contribution is -2.21. The van der Waals surface area contributed by atoms with E-state index in [2.05, 4.69) is 24.5 Å². The van der Waals surface area contributed by atoms with E-state index in [0.29, 0.717) is 0 Å². The molecule has 0 fully saturated rings. The Morgan fingerprint density at radius 1 is 1.17 bits per heavy atom. The van der Waals surface area contributed by atoms with Crippen molar-refractivity contribution in [2.24, 2.45) is 0 Å². The summed E-state index contributed by atoms with van der Waals surface area (Å²) in [5.74, 6) is -3.03. The number of nitrogens with zero attached hydrogens (tertiary/aromatic N) is 1. The van der Waals surface area contributed by atoms with E-state index in [1.807, 2.05) is 44.2 Å². The highest BCUT2D eigenvalue weighted by molar-refractivity contribution is 6.17. The number of hydrogen-bond donors (Lipinski definition) is 0. The maximum Gasteiger partial charge on any atom is 0.343 e. The highest BCUT2D eigenvalue weighted by Crippen LogP contribution is 2.30. The van der Waals surface area contributed by atoms with Gasteiger partial charge in [0.1, 0.15) is 5.56 Å². The molecule has 0 saturated heterocycles. The summed E-state index contributed by atoms with van der Waals surface area (Å²) >= 11 is 5.00. The van der Waals surface area contributed by atoms with Gasteiger partial charge in [-0.3, -0.25) is 4.79 Å². The number of benzene rings is 2. The molecule has 0 bridgehead atoms. The molecule has 0 spiro atoms. The highest BCUT2D eigenvalue weighted by Gasteiger charge is 2.23. The van der Waals surface area contributed by atoms with Crippen molar-refractivity contribution < 1.29 is 23.0 Å². The van der Waals surface area contributed by atoms with Crippen molar-refractivity contribution in [3.8, 4) is 5.75 Å². The van der Waals surface area contributed by atoms with Crippen LogP contribution in [0.5, 0.6) is 5.75 Å². The number of halogens is 3. The van der Waals surface area contributed by atoms with Gasteiger partial charge in [0.2, 0.25) is 11.2 Å². The van der Waals surface area contributed by atoms with Crippen LogP contribution in [-0.2, 0) is 11.3 Å². The third-order valence-corrected chi connectivity index (χ3v) is 4.99. The molecule has 0 unspecified atom stereocenters. The van der Waals surface area contributed by atoms with Crippen molar-refractivity contribution in [2.75, 3.05) is 20.1 Å². The third-order valence-electron chi connectivity index (χ3n) is 4.99. The van der Waals surface area contributed by atoms with Crippen molar-refractivity contribution in [3.05, 3.63) is 107 Å². The summed E-state index contributed by atoms with van der Waals surface area (Å²) in [7, 11) is 2.32. The number of alkyl halides is 1. The molecular weight excluding hydrogens is 488 g/mol. The van der Waals surface area contributed by atoms with E-state index in [9.17, 15) is 18.4 Å². The largest absolute Gasteiger partial charge is 0.491 e. The van der Waals surface area contributed by atoms with E-state index in [-0.39, 0.29) is 23.0 Å². The zero-order chi connectivity index (χ0) is 27.4. The van der Waals surface area contributed by atoms with Gasteiger partial charge in [0.25, 0.3) is 0 Å². The summed E-state index contributed by atoms with van der Waals surface area (Å²) in [5.41, 5.74) is 1.72. The van der Waals surface area contributed by atoms with Gasteiger partial charge >= 0.3 is 5.97 Å². The lowest BCUT2D eigenvalue weighted by molar-refractivity contribution is 0.0598. The predicted octanol–water partition coefficient (Wildman–Crippen LogP) is 6.76. The molecule has 5 nitrogen and oxygen atoms in total. The van der Waals surface area contributed by atoms with Gasteiger partial charge in [-0.05, 0) is 29.7 Å². The Bertz CT molecular complexity index is 1300. The molecule has 3 rings (SSSR count). The number of pyridine rings is 1. The molecule has 1 aromatic heterocycles. The van der Waals surface area contributed by atoms with Crippen molar-refractivity contribution in [1.29, 1.82) is 0 Å². The van der Waals surface area contributed by atoms with Gasteiger partial charge in [-0.1, -0.05) is 49.9 Å². The van der Waals surface area contributed by atoms with Crippen LogP contribution in [0.1, 0.15) is 35.3 Å².